The molecular formula is C17H14O2S2. The van der Waals surface area contributed by atoms with E-state index in [0.717, 1.165) is 28.2 Å². The molecule has 3 aromatic rings. The van der Waals surface area contributed by atoms with E-state index in [4.69, 9.17) is 4.74 Å². The molecule has 0 spiro atoms. The summed E-state index contributed by atoms with van der Waals surface area (Å²) in [5.74, 6) is 1.01. The molecule has 0 atom stereocenters. The molecule has 0 amide bonds. The van der Waals surface area contributed by atoms with Crippen molar-refractivity contribution in [1.29, 1.82) is 0 Å². The van der Waals surface area contributed by atoms with E-state index in [1.807, 2.05) is 24.3 Å². The van der Waals surface area contributed by atoms with Gasteiger partial charge in [-0.3, -0.25) is 4.79 Å². The van der Waals surface area contributed by atoms with Crippen molar-refractivity contribution in [3.8, 4) is 5.75 Å². The molecule has 0 N–H and O–H groups in total. The number of carbonyl (C=O) groups excluding carboxylic acids is 1. The van der Waals surface area contributed by atoms with Gasteiger partial charge in [-0.05, 0) is 55.1 Å². The fourth-order valence-corrected chi connectivity index (χ4v) is 4.84. The third-order valence-corrected chi connectivity index (χ3v) is 5.78. The number of thiophene rings is 2. The first-order valence-corrected chi connectivity index (χ1v) is 8.55. The van der Waals surface area contributed by atoms with Gasteiger partial charge in [0, 0.05) is 21.4 Å². The number of hydrogen-bond donors (Lipinski definition) is 0. The molecule has 1 aromatic carbocycles. The quantitative estimate of drug-likeness (QED) is 0.628. The number of carbonyl (C=O) groups is 1. The van der Waals surface area contributed by atoms with Gasteiger partial charge in [0.05, 0.1) is 4.88 Å². The van der Waals surface area contributed by atoms with Crippen LogP contribution >= 0.6 is 22.7 Å². The summed E-state index contributed by atoms with van der Waals surface area (Å²) >= 11 is 3.25. The molecule has 1 aliphatic heterocycles. The molecule has 0 saturated heterocycles. The highest BCUT2D eigenvalue weighted by Gasteiger charge is 2.30. The van der Waals surface area contributed by atoms with Crippen LogP contribution in [0.2, 0.25) is 0 Å². The summed E-state index contributed by atoms with van der Waals surface area (Å²) < 4.78 is 8.24. The first kappa shape index (κ1) is 13.0. The molecule has 21 heavy (non-hydrogen) atoms. The molecule has 0 bridgehead atoms. The highest BCUT2D eigenvalue weighted by Crippen LogP contribution is 2.36. The van der Waals surface area contributed by atoms with Crippen LogP contribution in [0.25, 0.3) is 9.40 Å². The van der Waals surface area contributed by atoms with Gasteiger partial charge in [0.15, 0.2) is 0 Å². The number of ether oxygens (including phenoxy) is 1. The van der Waals surface area contributed by atoms with Crippen LogP contribution in [0.4, 0.5) is 0 Å². The van der Waals surface area contributed by atoms with Gasteiger partial charge in [0.1, 0.15) is 11.4 Å². The minimum absolute atomic E-state index is 0.107. The molecule has 2 nitrogen and oxygen atoms in total. The molecular weight excluding hydrogens is 300 g/mol. The standard InChI is InChI=1S/C17H14O2S2/c1-17(2)9-11-7-10(3-4-12(11)19-17)16(18)15-8-14-13(21-15)5-6-20-14/h3-8H,9H2,1-2H3. The Morgan fingerprint density at radius 1 is 1.19 bits per heavy atom. The van der Waals surface area contributed by atoms with Crippen molar-refractivity contribution < 1.29 is 9.53 Å². The minimum atomic E-state index is -0.171. The highest BCUT2D eigenvalue weighted by atomic mass is 32.1. The fourth-order valence-electron chi connectivity index (χ4n) is 2.77. The number of ketones is 1. The van der Waals surface area contributed by atoms with E-state index in [-0.39, 0.29) is 11.4 Å². The van der Waals surface area contributed by atoms with Crippen LogP contribution < -0.4 is 4.74 Å². The molecule has 3 heterocycles. The third kappa shape index (κ3) is 2.19. The van der Waals surface area contributed by atoms with Gasteiger partial charge in [-0.1, -0.05) is 0 Å². The van der Waals surface area contributed by atoms with Crippen molar-refractivity contribution in [2.45, 2.75) is 25.9 Å². The normalized spacial score (nSPS) is 15.9. The van der Waals surface area contributed by atoms with Gasteiger partial charge in [-0.25, -0.2) is 0 Å². The molecule has 2 aromatic heterocycles. The third-order valence-electron chi connectivity index (χ3n) is 3.69. The second kappa shape index (κ2) is 4.42. The Hall–Kier alpha value is -1.65. The molecule has 1 aliphatic rings. The molecule has 0 fully saturated rings. The van der Waals surface area contributed by atoms with Gasteiger partial charge in [-0.2, -0.15) is 0 Å². The summed E-state index contributed by atoms with van der Waals surface area (Å²) in [6.45, 7) is 4.14. The van der Waals surface area contributed by atoms with Crippen LogP contribution in [0.1, 0.15) is 34.6 Å². The van der Waals surface area contributed by atoms with Crippen molar-refractivity contribution >= 4 is 37.9 Å². The van der Waals surface area contributed by atoms with Gasteiger partial charge < -0.3 is 4.74 Å². The first-order valence-electron chi connectivity index (χ1n) is 6.85. The van der Waals surface area contributed by atoms with Gasteiger partial charge >= 0.3 is 0 Å². The van der Waals surface area contributed by atoms with Gasteiger partial charge in [-0.15, -0.1) is 22.7 Å². The second-order valence-electron chi connectivity index (χ2n) is 5.95. The largest absolute Gasteiger partial charge is 0.487 e. The summed E-state index contributed by atoms with van der Waals surface area (Å²) in [5, 5.41) is 2.06. The number of hydrogen-bond acceptors (Lipinski definition) is 4. The van der Waals surface area contributed by atoms with Crippen LogP contribution in [0.15, 0.2) is 35.7 Å². The lowest BCUT2D eigenvalue weighted by molar-refractivity contribution is 0.104. The van der Waals surface area contributed by atoms with Crippen molar-refractivity contribution in [2.75, 3.05) is 0 Å². The first-order chi connectivity index (χ1) is 10.0. The van der Waals surface area contributed by atoms with Crippen molar-refractivity contribution in [2.24, 2.45) is 0 Å². The fraction of sp³-hybridized carbons (Fsp3) is 0.235. The number of fused-ring (bicyclic) bond motifs is 2. The smallest absolute Gasteiger partial charge is 0.203 e. The Bertz CT molecular complexity index is 826. The van der Waals surface area contributed by atoms with Crippen LogP contribution in [-0.4, -0.2) is 11.4 Å². The summed E-state index contributed by atoms with van der Waals surface area (Å²) in [5.41, 5.74) is 1.71. The summed E-state index contributed by atoms with van der Waals surface area (Å²) in [7, 11) is 0. The van der Waals surface area contributed by atoms with E-state index in [2.05, 4.69) is 25.3 Å². The Balaban J connectivity index is 1.71. The van der Waals surface area contributed by atoms with Crippen LogP contribution in [0, 0.1) is 0 Å². The predicted molar refractivity (Wildman–Crippen MR) is 88.0 cm³/mol. The van der Waals surface area contributed by atoms with Crippen LogP contribution in [-0.2, 0) is 6.42 Å². The van der Waals surface area contributed by atoms with Crippen LogP contribution in [0.5, 0.6) is 5.75 Å². The Labute approximate surface area is 131 Å². The predicted octanol–water partition coefficient (Wildman–Crippen LogP) is 4.91. The lowest BCUT2D eigenvalue weighted by Gasteiger charge is -2.16. The van der Waals surface area contributed by atoms with Gasteiger partial charge in [0.25, 0.3) is 0 Å². The van der Waals surface area contributed by atoms with E-state index in [9.17, 15) is 4.79 Å². The zero-order valence-corrected chi connectivity index (χ0v) is 13.4. The van der Waals surface area contributed by atoms with Crippen LogP contribution in [0.3, 0.4) is 0 Å². The van der Waals surface area contributed by atoms with Crippen molar-refractivity contribution in [1.82, 2.24) is 0 Å². The van der Waals surface area contributed by atoms with Crippen molar-refractivity contribution in [3.05, 3.63) is 51.7 Å². The molecule has 4 rings (SSSR count). The molecule has 0 aliphatic carbocycles. The SMILES string of the molecule is CC1(C)Cc2cc(C(=O)c3cc4sccc4s3)ccc2O1. The van der Waals surface area contributed by atoms with E-state index < -0.39 is 0 Å². The average Bonchev–Trinajstić information content (AvgIpc) is 3.06. The zero-order chi connectivity index (χ0) is 14.6. The van der Waals surface area contributed by atoms with E-state index >= 15 is 0 Å². The molecule has 0 unspecified atom stereocenters. The van der Waals surface area contributed by atoms with E-state index in [1.54, 1.807) is 22.7 Å². The second-order valence-corrected chi connectivity index (χ2v) is 7.98. The van der Waals surface area contributed by atoms with Crippen molar-refractivity contribution in [3.63, 3.8) is 0 Å². The Morgan fingerprint density at radius 2 is 2.05 bits per heavy atom. The maximum Gasteiger partial charge on any atom is 0.203 e. The summed E-state index contributed by atoms with van der Waals surface area (Å²) in [6.07, 6.45) is 0.850. The molecule has 0 saturated carbocycles. The molecule has 4 heteroatoms. The maximum absolute atomic E-state index is 12.6. The maximum atomic E-state index is 12.6. The van der Waals surface area contributed by atoms with E-state index in [0.29, 0.717) is 0 Å². The lowest BCUT2D eigenvalue weighted by atomic mass is 9.99. The number of rotatable bonds is 2. The average molecular weight is 314 g/mol. The molecule has 106 valence electrons. The monoisotopic (exact) mass is 314 g/mol. The lowest BCUT2D eigenvalue weighted by Crippen LogP contribution is -2.24. The summed E-state index contributed by atoms with van der Waals surface area (Å²) in [4.78, 5) is 13.5. The Kier molecular flexibility index (Phi) is 2.75. The summed E-state index contributed by atoms with van der Waals surface area (Å²) in [6, 6.07) is 9.85. The Morgan fingerprint density at radius 3 is 2.86 bits per heavy atom. The van der Waals surface area contributed by atoms with Gasteiger partial charge in [0.2, 0.25) is 5.78 Å². The minimum Gasteiger partial charge on any atom is -0.487 e. The molecule has 0 radical (unpaired) electrons. The topological polar surface area (TPSA) is 26.3 Å². The zero-order valence-electron chi connectivity index (χ0n) is 11.8. The number of benzene rings is 1. The highest BCUT2D eigenvalue weighted by molar-refractivity contribution is 7.28. The van der Waals surface area contributed by atoms with E-state index in [1.165, 1.54) is 9.40 Å².